The molecule has 1 fully saturated rings. The molecule has 0 bridgehead atoms. The average Bonchev–Trinajstić information content (AvgIpc) is 3.63. The van der Waals surface area contributed by atoms with Gasteiger partial charge >= 0.3 is 5.97 Å². The van der Waals surface area contributed by atoms with E-state index in [4.69, 9.17) is 16.3 Å². The number of amides is 1. The zero-order chi connectivity index (χ0) is 27.7. The molecule has 0 spiro atoms. The van der Waals surface area contributed by atoms with Gasteiger partial charge in [0.15, 0.2) is 5.01 Å². The van der Waals surface area contributed by atoms with Crippen LogP contribution in [0.3, 0.4) is 0 Å². The second-order valence-electron chi connectivity index (χ2n) is 10.3. The summed E-state index contributed by atoms with van der Waals surface area (Å²) in [5.41, 5.74) is 1.82. The van der Waals surface area contributed by atoms with E-state index in [0.717, 1.165) is 51.7 Å². The van der Waals surface area contributed by atoms with Gasteiger partial charge in [-0.2, -0.15) is 0 Å². The van der Waals surface area contributed by atoms with Gasteiger partial charge in [-0.1, -0.05) is 22.9 Å². The highest BCUT2D eigenvalue weighted by molar-refractivity contribution is 7.23. The first-order chi connectivity index (χ1) is 18.7. The summed E-state index contributed by atoms with van der Waals surface area (Å²) in [5, 5.41) is 14.4. The SMILES string of the molecule is CC(C)OC(=O)c1ccc2c(c1)cc(C(=O)NC1CCN(C(C)C)CC1)n2Cc1nnc(-c2ccc(Cl)s2)s1. The number of nitrogens with one attached hydrogen (secondary N) is 1. The number of esters is 1. The number of carbonyl (C=O) groups is 2. The second-order valence-corrected chi connectivity index (χ2v) is 13.1. The van der Waals surface area contributed by atoms with Crippen LogP contribution in [-0.2, 0) is 11.3 Å². The topological polar surface area (TPSA) is 89.4 Å². The van der Waals surface area contributed by atoms with Crippen LogP contribution in [0.15, 0.2) is 36.4 Å². The van der Waals surface area contributed by atoms with Crippen molar-refractivity contribution in [1.29, 1.82) is 0 Å². The number of piperidine rings is 1. The molecule has 1 N–H and O–H groups in total. The van der Waals surface area contributed by atoms with Gasteiger partial charge < -0.3 is 19.5 Å². The summed E-state index contributed by atoms with van der Waals surface area (Å²) in [6.07, 6.45) is 1.61. The van der Waals surface area contributed by atoms with E-state index in [1.54, 1.807) is 12.1 Å². The van der Waals surface area contributed by atoms with E-state index in [2.05, 4.69) is 34.3 Å². The van der Waals surface area contributed by atoms with Gasteiger partial charge in [0.05, 0.1) is 27.4 Å². The van der Waals surface area contributed by atoms with E-state index in [0.29, 0.717) is 28.2 Å². The minimum absolute atomic E-state index is 0.118. The molecule has 8 nitrogen and oxygen atoms in total. The number of fused-ring (bicyclic) bond motifs is 1. The Morgan fingerprint density at radius 3 is 2.51 bits per heavy atom. The van der Waals surface area contributed by atoms with Crippen molar-refractivity contribution in [2.24, 2.45) is 0 Å². The quantitative estimate of drug-likeness (QED) is 0.252. The first-order valence-electron chi connectivity index (χ1n) is 13.1. The first kappa shape index (κ1) is 27.8. The molecule has 3 aromatic heterocycles. The van der Waals surface area contributed by atoms with Crippen LogP contribution in [0.1, 0.15) is 66.4 Å². The molecule has 1 amide bonds. The molecule has 1 aliphatic heterocycles. The molecule has 5 rings (SSSR count). The maximum atomic E-state index is 13.6. The van der Waals surface area contributed by atoms with Crippen molar-refractivity contribution in [3.05, 3.63) is 57.0 Å². The molecular formula is C28H32ClN5O3S2. The second kappa shape index (κ2) is 11.8. The van der Waals surface area contributed by atoms with Crippen molar-refractivity contribution in [2.45, 2.75) is 65.3 Å². The zero-order valence-electron chi connectivity index (χ0n) is 22.4. The summed E-state index contributed by atoms with van der Waals surface area (Å²) in [6.45, 7) is 10.4. The van der Waals surface area contributed by atoms with Crippen molar-refractivity contribution in [3.63, 3.8) is 0 Å². The lowest BCUT2D eigenvalue weighted by atomic mass is 10.0. The highest BCUT2D eigenvalue weighted by Gasteiger charge is 2.25. The molecule has 0 aliphatic carbocycles. The molecule has 4 aromatic rings. The predicted molar refractivity (Wildman–Crippen MR) is 157 cm³/mol. The maximum Gasteiger partial charge on any atom is 0.338 e. The first-order valence-corrected chi connectivity index (χ1v) is 15.2. The minimum Gasteiger partial charge on any atom is -0.459 e. The molecule has 0 atom stereocenters. The normalized spacial score (nSPS) is 14.9. The van der Waals surface area contributed by atoms with E-state index in [9.17, 15) is 9.59 Å². The largest absolute Gasteiger partial charge is 0.459 e. The molecule has 4 heterocycles. The van der Waals surface area contributed by atoms with E-state index in [1.165, 1.54) is 22.7 Å². The Labute approximate surface area is 240 Å². The average molecular weight is 586 g/mol. The molecule has 11 heteroatoms. The number of ether oxygens (including phenoxy) is 1. The van der Waals surface area contributed by atoms with Crippen molar-refractivity contribution in [3.8, 4) is 9.88 Å². The van der Waals surface area contributed by atoms with Crippen molar-refractivity contribution in [2.75, 3.05) is 13.1 Å². The molecular weight excluding hydrogens is 554 g/mol. The molecule has 206 valence electrons. The summed E-state index contributed by atoms with van der Waals surface area (Å²) >= 11 is 9.04. The van der Waals surface area contributed by atoms with Crippen LogP contribution < -0.4 is 5.32 Å². The smallest absolute Gasteiger partial charge is 0.338 e. The number of hydrogen-bond acceptors (Lipinski definition) is 8. The van der Waals surface area contributed by atoms with Crippen LogP contribution in [0.2, 0.25) is 4.34 Å². The number of carbonyl (C=O) groups excluding carboxylic acids is 2. The van der Waals surface area contributed by atoms with Crippen molar-refractivity contribution in [1.82, 2.24) is 25.0 Å². The van der Waals surface area contributed by atoms with Crippen molar-refractivity contribution < 1.29 is 14.3 Å². The Kier molecular flexibility index (Phi) is 8.37. The van der Waals surface area contributed by atoms with E-state index >= 15 is 0 Å². The van der Waals surface area contributed by atoms with Gasteiger partial charge in [-0.15, -0.1) is 21.5 Å². The molecule has 0 radical (unpaired) electrons. The third kappa shape index (κ3) is 6.35. The number of aromatic nitrogens is 3. The third-order valence-electron chi connectivity index (χ3n) is 6.85. The Morgan fingerprint density at radius 2 is 1.85 bits per heavy atom. The molecule has 0 unspecified atom stereocenters. The third-order valence-corrected chi connectivity index (χ3v) is 9.16. The lowest BCUT2D eigenvalue weighted by molar-refractivity contribution is 0.0378. The van der Waals surface area contributed by atoms with Gasteiger partial charge in [0.2, 0.25) is 0 Å². The van der Waals surface area contributed by atoms with E-state index in [-0.39, 0.29) is 24.0 Å². The summed E-state index contributed by atoms with van der Waals surface area (Å²) in [4.78, 5) is 29.6. The van der Waals surface area contributed by atoms with Crippen LogP contribution in [0, 0.1) is 0 Å². The highest BCUT2D eigenvalue weighted by Crippen LogP contribution is 2.33. The van der Waals surface area contributed by atoms with Crippen LogP contribution in [-0.4, -0.2) is 62.8 Å². The summed E-state index contributed by atoms with van der Waals surface area (Å²) < 4.78 is 8.04. The monoisotopic (exact) mass is 585 g/mol. The Balaban J connectivity index is 1.44. The van der Waals surface area contributed by atoms with Gasteiger partial charge in [0.25, 0.3) is 5.91 Å². The van der Waals surface area contributed by atoms with Crippen LogP contribution in [0.4, 0.5) is 0 Å². The van der Waals surface area contributed by atoms with Gasteiger partial charge in [-0.05, 0) is 76.9 Å². The lowest BCUT2D eigenvalue weighted by Crippen LogP contribution is -2.46. The number of hydrogen-bond donors (Lipinski definition) is 1. The van der Waals surface area contributed by atoms with Crippen LogP contribution in [0.5, 0.6) is 0 Å². The fourth-order valence-electron chi connectivity index (χ4n) is 4.84. The van der Waals surface area contributed by atoms with Crippen LogP contribution >= 0.6 is 34.3 Å². The van der Waals surface area contributed by atoms with Gasteiger partial charge in [-0.25, -0.2) is 4.79 Å². The van der Waals surface area contributed by atoms with Gasteiger partial charge in [0.1, 0.15) is 10.7 Å². The lowest BCUT2D eigenvalue weighted by Gasteiger charge is -2.34. The fourth-order valence-corrected chi connectivity index (χ4v) is 6.76. The van der Waals surface area contributed by atoms with Gasteiger partial charge in [-0.3, -0.25) is 4.79 Å². The zero-order valence-corrected chi connectivity index (χ0v) is 24.8. The van der Waals surface area contributed by atoms with Gasteiger partial charge in [0, 0.05) is 36.1 Å². The molecule has 39 heavy (non-hydrogen) atoms. The predicted octanol–water partition coefficient (Wildman–Crippen LogP) is 6.09. The summed E-state index contributed by atoms with van der Waals surface area (Å²) in [5.74, 6) is -0.513. The Morgan fingerprint density at radius 1 is 1.08 bits per heavy atom. The molecule has 1 aliphatic rings. The Bertz CT molecular complexity index is 1480. The van der Waals surface area contributed by atoms with E-state index < -0.39 is 0 Å². The molecule has 1 aromatic carbocycles. The number of benzene rings is 1. The maximum absolute atomic E-state index is 13.6. The number of likely N-dealkylation sites (tertiary alicyclic amines) is 1. The Hall–Kier alpha value is -2.79. The van der Waals surface area contributed by atoms with E-state index in [1.807, 2.05) is 42.7 Å². The summed E-state index contributed by atoms with van der Waals surface area (Å²) in [6, 6.07) is 11.6. The minimum atomic E-state index is -0.383. The van der Waals surface area contributed by atoms with Crippen LogP contribution in [0.25, 0.3) is 20.8 Å². The van der Waals surface area contributed by atoms with Crippen molar-refractivity contribution >= 4 is 57.1 Å². The molecule has 0 saturated carbocycles. The number of thiophene rings is 1. The number of halogens is 1. The number of rotatable bonds is 8. The number of nitrogens with zero attached hydrogens (tertiary/aromatic N) is 4. The standard InChI is InChI=1S/C28H32ClN5O3S2/c1-16(2)33-11-9-20(10-12-33)30-26(35)22-14-19-13-18(28(36)37-17(3)4)5-6-21(19)34(22)15-25-31-32-27(39-25)23-7-8-24(29)38-23/h5-8,13-14,16-17,20H,9-12,15H2,1-4H3,(H,30,35). The fraction of sp³-hybridized carbons (Fsp3) is 0.429. The molecule has 1 saturated heterocycles. The highest BCUT2D eigenvalue weighted by atomic mass is 35.5. The summed E-state index contributed by atoms with van der Waals surface area (Å²) in [7, 11) is 0.